The van der Waals surface area contributed by atoms with Gasteiger partial charge in [-0.3, -0.25) is 9.09 Å². The van der Waals surface area contributed by atoms with Gasteiger partial charge in [0.15, 0.2) is 0 Å². The van der Waals surface area contributed by atoms with Crippen molar-refractivity contribution in [2.75, 3.05) is 0 Å². The number of carbonyl (C=O) groups excluding carboxylic acids is 1. The zero-order valence-corrected chi connectivity index (χ0v) is 23.9. The summed E-state index contributed by atoms with van der Waals surface area (Å²) in [5.74, 6) is -1.39. The van der Waals surface area contributed by atoms with Crippen LogP contribution in [-0.2, 0) is 53.5 Å². The number of hydrogen-bond acceptors (Lipinski definition) is 7. The predicted octanol–water partition coefficient (Wildman–Crippen LogP) is 7.23. The summed E-state index contributed by atoms with van der Waals surface area (Å²) in [6, 6.07) is 35.4. The fourth-order valence-corrected chi connectivity index (χ4v) is 7.29. The number of nitrogens with one attached hydrogen (secondary N) is 1. The molecule has 0 bridgehead atoms. The Balaban J connectivity index is 1.58. The lowest BCUT2D eigenvalue weighted by molar-refractivity contribution is 0.133. The number of amides is 1. The van der Waals surface area contributed by atoms with Crippen LogP contribution in [0.1, 0.15) is 22.3 Å². The topological polar surface area (TPSA) is 120 Å². The molecule has 9 nitrogen and oxygen atoms in total. The highest BCUT2D eigenvalue weighted by Crippen LogP contribution is 2.65. The molecule has 4 rings (SSSR count). The molecular formula is C30H31NO8P2. The molecule has 0 aliphatic heterocycles. The Morgan fingerprint density at radius 1 is 0.634 bits per heavy atom. The van der Waals surface area contributed by atoms with E-state index in [0.29, 0.717) is 16.7 Å². The van der Waals surface area contributed by atoms with Gasteiger partial charge in [0.25, 0.3) is 0 Å². The van der Waals surface area contributed by atoms with Gasteiger partial charge in [0.2, 0.25) is 0 Å². The predicted molar refractivity (Wildman–Crippen MR) is 155 cm³/mol. The van der Waals surface area contributed by atoms with Crippen LogP contribution in [0.25, 0.3) is 0 Å². The van der Waals surface area contributed by atoms with Gasteiger partial charge < -0.3 is 19.5 Å². The molecule has 0 heterocycles. The molecule has 41 heavy (non-hydrogen) atoms. The van der Waals surface area contributed by atoms with Gasteiger partial charge in [0, 0.05) is 6.42 Å². The molecule has 2 N–H and O–H groups in total. The monoisotopic (exact) mass is 595 g/mol. The highest BCUT2D eigenvalue weighted by atomic mass is 31.3. The molecule has 0 saturated heterocycles. The molecule has 214 valence electrons. The molecule has 0 aromatic heterocycles. The lowest BCUT2D eigenvalue weighted by atomic mass is 10.1. The van der Waals surface area contributed by atoms with Gasteiger partial charge >= 0.3 is 21.5 Å². The standard InChI is InChI=1S/C30H31NO8P2/c32-30(36-22-26-15-7-2-8-16-26)31-29(21-25-13-5-1-6-14-25)40(33,37-23-27-17-9-3-10-18-27)39-41(34,35)38-24-28-19-11-4-12-20-28/h1-20,29H,21-24H2,(H,31,32)(H,34,35). The third-order valence-electron chi connectivity index (χ3n) is 5.86. The quantitative estimate of drug-likeness (QED) is 0.147. The number of carbonyl (C=O) groups is 1. The highest BCUT2D eigenvalue weighted by Gasteiger charge is 2.44. The smallest absolute Gasteiger partial charge is 0.445 e. The van der Waals surface area contributed by atoms with Crippen LogP contribution in [0.3, 0.4) is 0 Å². The number of benzene rings is 4. The van der Waals surface area contributed by atoms with Gasteiger partial charge in [-0.1, -0.05) is 121 Å². The number of phosphoric acid groups is 1. The Morgan fingerprint density at radius 3 is 1.54 bits per heavy atom. The second kappa shape index (κ2) is 14.9. The Bertz CT molecular complexity index is 1460. The normalized spacial score (nSPS) is 14.8. The average Bonchev–Trinajstić information content (AvgIpc) is 3.00. The van der Waals surface area contributed by atoms with Crippen molar-refractivity contribution in [3.05, 3.63) is 144 Å². The van der Waals surface area contributed by atoms with E-state index >= 15 is 0 Å². The Hall–Kier alpha value is -3.55. The third-order valence-corrected chi connectivity index (χ3v) is 9.61. The van der Waals surface area contributed by atoms with Gasteiger partial charge in [-0.2, -0.15) is 0 Å². The van der Waals surface area contributed by atoms with Gasteiger partial charge in [-0.15, -0.1) is 0 Å². The van der Waals surface area contributed by atoms with Crippen LogP contribution in [0.5, 0.6) is 0 Å². The zero-order valence-electron chi connectivity index (χ0n) is 22.2. The summed E-state index contributed by atoms with van der Waals surface area (Å²) in [4.78, 5) is 23.5. The second-order valence-electron chi connectivity index (χ2n) is 9.02. The van der Waals surface area contributed by atoms with Crippen LogP contribution in [0.4, 0.5) is 4.79 Å². The van der Waals surface area contributed by atoms with E-state index in [2.05, 4.69) is 5.32 Å². The Labute approximate surface area is 239 Å². The van der Waals surface area contributed by atoms with Crippen molar-refractivity contribution in [2.45, 2.75) is 32.0 Å². The molecule has 4 aromatic carbocycles. The number of phosphoric ester groups is 1. The summed E-state index contributed by atoms with van der Waals surface area (Å²) >= 11 is 0. The Morgan fingerprint density at radius 2 is 1.05 bits per heavy atom. The van der Waals surface area contributed by atoms with Crippen LogP contribution >= 0.6 is 15.4 Å². The van der Waals surface area contributed by atoms with Crippen molar-refractivity contribution in [1.82, 2.24) is 5.32 Å². The molecule has 0 fully saturated rings. The number of alkyl carbamates (subject to hydrolysis) is 1. The maximum atomic E-state index is 14.4. The minimum absolute atomic E-state index is 0.0422. The van der Waals surface area contributed by atoms with Crippen molar-refractivity contribution >= 4 is 21.5 Å². The summed E-state index contributed by atoms with van der Waals surface area (Å²) in [7, 11) is -9.55. The molecule has 0 aliphatic carbocycles. The van der Waals surface area contributed by atoms with Crippen LogP contribution < -0.4 is 5.32 Å². The lowest BCUT2D eigenvalue weighted by Gasteiger charge is -2.28. The van der Waals surface area contributed by atoms with Crippen molar-refractivity contribution < 1.29 is 36.9 Å². The van der Waals surface area contributed by atoms with E-state index < -0.39 is 27.3 Å². The molecule has 3 atom stereocenters. The third kappa shape index (κ3) is 10.1. The first kappa shape index (κ1) is 30.4. The number of hydrogen-bond donors (Lipinski definition) is 2. The van der Waals surface area contributed by atoms with E-state index in [1.807, 2.05) is 18.2 Å². The van der Waals surface area contributed by atoms with Crippen molar-refractivity contribution in [2.24, 2.45) is 0 Å². The van der Waals surface area contributed by atoms with E-state index in [1.54, 1.807) is 103 Å². The minimum Gasteiger partial charge on any atom is -0.445 e. The molecule has 1 amide bonds. The molecule has 3 unspecified atom stereocenters. The van der Waals surface area contributed by atoms with E-state index in [1.165, 1.54) is 0 Å². The fourth-order valence-electron chi connectivity index (χ4n) is 3.79. The van der Waals surface area contributed by atoms with Crippen LogP contribution in [-0.4, -0.2) is 16.8 Å². The summed E-state index contributed by atoms with van der Waals surface area (Å²) in [6.45, 7) is -0.536. The van der Waals surface area contributed by atoms with Crippen LogP contribution in [0.2, 0.25) is 0 Å². The van der Waals surface area contributed by atoms with Crippen molar-refractivity contribution in [3.63, 3.8) is 0 Å². The molecule has 0 aliphatic rings. The van der Waals surface area contributed by atoms with E-state index in [-0.39, 0.29) is 26.2 Å². The first-order valence-corrected chi connectivity index (χ1v) is 15.9. The summed E-state index contributed by atoms with van der Waals surface area (Å²) < 4.78 is 49.1. The van der Waals surface area contributed by atoms with Crippen molar-refractivity contribution in [1.29, 1.82) is 0 Å². The highest BCUT2D eigenvalue weighted by molar-refractivity contribution is 7.65. The van der Waals surface area contributed by atoms with E-state index in [9.17, 15) is 18.8 Å². The lowest BCUT2D eigenvalue weighted by Crippen LogP contribution is -2.37. The van der Waals surface area contributed by atoms with Crippen LogP contribution in [0, 0.1) is 0 Å². The minimum atomic E-state index is -4.95. The summed E-state index contributed by atoms with van der Waals surface area (Å²) in [6.07, 6.45) is -0.952. The molecule has 0 spiro atoms. The maximum absolute atomic E-state index is 14.4. The first-order chi connectivity index (χ1) is 19.8. The van der Waals surface area contributed by atoms with Gasteiger partial charge in [0.1, 0.15) is 12.4 Å². The Kier molecular flexibility index (Phi) is 11.0. The fraction of sp³-hybridized carbons (Fsp3) is 0.167. The van der Waals surface area contributed by atoms with Gasteiger partial charge in [0.05, 0.1) is 13.2 Å². The van der Waals surface area contributed by atoms with Crippen molar-refractivity contribution in [3.8, 4) is 0 Å². The first-order valence-electron chi connectivity index (χ1n) is 12.8. The maximum Gasteiger partial charge on any atom is 0.479 e. The summed E-state index contributed by atoms with van der Waals surface area (Å²) in [5.41, 5.74) is 2.66. The van der Waals surface area contributed by atoms with E-state index in [0.717, 1.165) is 5.56 Å². The zero-order chi connectivity index (χ0) is 29.0. The van der Waals surface area contributed by atoms with E-state index in [4.69, 9.17) is 18.1 Å². The molecule has 11 heteroatoms. The largest absolute Gasteiger partial charge is 0.479 e. The second-order valence-corrected chi connectivity index (χ2v) is 12.8. The molecule has 4 aromatic rings. The van der Waals surface area contributed by atoms with Gasteiger partial charge in [-0.05, 0) is 22.3 Å². The average molecular weight is 596 g/mol. The molecule has 0 saturated carbocycles. The SMILES string of the molecule is O=C(NC(Cc1ccccc1)P(=O)(OCc1ccccc1)OP(=O)(O)OCc1ccccc1)OCc1ccccc1. The molecule has 0 radical (unpaired) electrons. The van der Waals surface area contributed by atoms with Gasteiger partial charge in [-0.25, -0.2) is 13.7 Å². The van der Waals surface area contributed by atoms with Crippen LogP contribution in [0.15, 0.2) is 121 Å². The molecular weight excluding hydrogens is 564 g/mol. The summed E-state index contributed by atoms with van der Waals surface area (Å²) in [5, 5.41) is 2.55. The number of rotatable bonds is 14. The number of ether oxygens (including phenoxy) is 1.